The van der Waals surface area contributed by atoms with Gasteiger partial charge in [0.2, 0.25) is 5.91 Å². The summed E-state index contributed by atoms with van der Waals surface area (Å²) in [5, 5.41) is 18.4. The van der Waals surface area contributed by atoms with Crippen molar-refractivity contribution < 1.29 is 23.8 Å². The van der Waals surface area contributed by atoms with E-state index in [9.17, 15) is 14.0 Å². The maximum Gasteiger partial charge on any atom is 0.358 e. The zero-order valence-corrected chi connectivity index (χ0v) is 12.8. The van der Waals surface area contributed by atoms with E-state index in [-0.39, 0.29) is 24.0 Å². The van der Waals surface area contributed by atoms with Crippen molar-refractivity contribution in [3.8, 4) is 5.75 Å². The number of carbonyl (C=O) groups excluding carboxylic acids is 1. The molecule has 0 bridgehead atoms. The van der Waals surface area contributed by atoms with Gasteiger partial charge in [0, 0.05) is 6.54 Å². The topological polar surface area (TPSA) is 106 Å². The first kappa shape index (κ1) is 17.4. The summed E-state index contributed by atoms with van der Waals surface area (Å²) in [6, 6.07) is 5.77. The predicted octanol–water partition coefficient (Wildman–Crippen LogP) is 1.09. The van der Waals surface area contributed by atoms with Crippen molar-refractivity contribution in [3.05, 3.63) is 42.0 Å². The Morgan fingerprint density at radius 1 is 1.25 bits per heavy atom. The first-order chi connectivity index (χ1) is 11.5. The quantitative estimate of drug-likeness (QED) is 0.664. The van der Waals surface area contributed by atoms with E-state index >= 15 is 0 Å². The van der Waals surface area contributed by atoms with E-state index in [2.05, 4.69) is 15.6 Å². The molecule has 0 atom stereocenters. The number of hydrogen-bond donors (Lipinski definition) is 2. The third-order valence-corrected chi connectivity index (χ3v) is 3.04. The van der Waals surface area contributed by atoms with Crippen molar-refractivity contribution in [3.63, 3.8) is 0 Å². The summed E-state index contributed by atoms with van der Waals surface area (Å²) in [5.41, 5.74) is -0.208. The van der Waals surface area contributed by atoms with E-state index in [1.807, 2.05) is 0 Å². The molecule has 24 heavy (non-hydrogen) atoms. The number of halogens is 1. The SMILES string of the molecule is O=C(Cn1cc(C(=O)O)nn1)NCCCCOc1ccc(F)cc1. The van der Waals surface area contributed by atoms with Gasteiger partial charge < -0.3 is 15.2 Å². The molecule has 0 radical (unpaired) electrons. The maximum atomic E-state index is 12.7. The van der Waals surface area contributed by atoms with Gasteiger partial charge in [-0.05, 0) is 37.1 Å². The molecule has 0 saturated carbocycles. The van der Waals surface area contributed by atoms with Gasteiger partial charge in [-0.2, -0.15) is 0 Å². The van der Waals surface area contributed by atoms with Gasteiger partial charge in [-0.1, -0.05) is 5.21 Å². The molecule has 1 heterocycles. The van der Waals surface area contributed by atoms with Gasteiger partial charge in [0.1, 0.15) is 18.1 Å². The molecule has 0 saturated heterocycles. The minimum Gasteiger partial charge on any atom is -0.494 e. The van der Waals surface area contributed by atoms with Gasteiger partial charge in [0.25, 0.3) is 0 Å². The Morgan fingerprint density at radius 3 is 2.67 bits per heavy atom. The number of nitrogens with zero attached hydrogens (tertiary/aromatic N) is 3. The molecule has 0 aliphatic rings. The van der Waals surface area contributed by atoms with Crippen molar-refractivity contribution >= 4 is 11.9 Å². The lowest BCUT2D eigenvalue weighted by Crippen LogP contribution is -2.28. The average molecular weight is 336 g/mol. The van der Waals surface area contributed by atoms with E-state index in [0.29, 0.717) is 25.3 Å². The molecule has 1 amide bonds. The summed E-state index contributed by atoms with van der Waals surface area (Å²) in [6.07, 6.45) is 2.63. The molecule has 1 aromatic carbocycles. The number of carboxylic acids is 1. The van der Waals surface area contributed by atoms with Gasteiger partial charge in [-0.15, -0.1) is 5.10 Å². The number of benzene rings is 1. The Labute approximate surface area is 137 Å². The number of carboxylic acid groups (broad SMARTS) is 1. The molecule has 0 aliphatic heterocycles. The van der Waals surface area contributed by atoms with Crippen LogP contribution >= 0.6 is 0 Å². The maximum absolute atomic E-state index is 12.7. The summed E-state index contributed by atoms with van der Waals surface area (Å²) in [6.45, 7) is 0.838. The number of nitrogens with one attached hydrogen (secondary N) is 1. The van der Waals surface area contributed by atoms with Crippen LogP contribution in [-0.4, -0.2) is 45.1 Å². The van der Waals surface area contributed by atoms with E-state index in [0.717, 1.165) is 11.1 Å². The van der Waals surface area contributed by atoms with E-state index in [1.54, 1.807) is 12.1 Å². The molecule has 0 fully saturated rings. The van der Waals surface area contributed by atoms with Crippen molar-refractivity contribution in [1.82, 2.24) is 20.3 Å². The molecule has 8 nitrogen and oxygen atoms in total. The number of ether oxygens (including phenoxy) is 1. The van der Waals surface area contributed by atoms with Crippen LogP contribution in [0.2, 0.25) is 0 Å². The number of hydrogen-bond acceptors (Lipinski definition) is 5. The fraction of sp³-hybridized carbons (Fsp3) is 0.333. The number of unbranched alkanes of at least 4 members (excludes halogenated alkanes) is 1. The Morgan fingerprint density at radius 2 is 2.00 bits per heavy atom. The molecular weight excluding hydrogens is 319 g/mol. The third kappa shape index (κ3) is 5.67. The van der Waals surface area contributed by atoms with Crippen LogP contribution in [-0.2, 0) is 11.3 Å². The zero-order valence-electron chi connectivity index (χ0n) is 12.8. The van der Waals surface area contributed by atoms with Crippen LogP contribution in [0, 0.1) is 5.82 Å². The number of rotatable bonds is 9. The lowest BCUT2D eigenvalue weighted by atomic mass is 10.3. The Hall–Kier alpha value is -2.97. The average Bonchev–Trinajstić information content (AvgIpc) is 3.01. The lowest BCUT2D eigenvalue weighted by Gasteiger charge is -2.07. The Balaban J connectivity index is 1.57. The van der Waals surface area contributed by atoms with Crippen LogP contribution in [0.3, 0.4) is 0 Å². The summed E-state index contributed by atoms with van der Waals surface area (Å²) < 4.78 is 19.3. The minimum atomic E-state index is -1.19. The fourth-order valence-electron chi connectivity index (χ4n) is 1.85. The van der Waals surface area contributed by atoms with E-state index in [1.165, 1.54) is 18.3 Å². The monoisotopic (exact) mass is 336 g/mol. The third-order valence-electron chi connectivity index (χ3n) is 3.04. The van der Waals surface area contributed by atoms with Crippen LogP contribution in [0.25, 0.3) is 0 Å². The Kier molecular flexibility index (Phi) is 6.23. The second kappa shape index (κ2) is 8.61. The molecule has 0 aliphatic carbocycles. The van der Waals surface area contributed by atoms with Crippen LogP contribution in [0.4, 0.5) is 4.39 Å². The highest BCUT2D eigenvalue weighted by molar-refractivity contribution is 5.84. The summed E-state index contributed by atoms with van der Waals surface area (Å²) in [4.78, 5) is 22.3. The highest BCUT2D eigenvalue weighted by atomic mass is 19.1. The van der Waals surface area contributed by atoms with E-state index in [4.69, 9.17) is 9.84 Å². The Bertz CT molecular complexity index is 687. The van der Waals surface area contributed by atoms with Crippen LogP contribution < -0.4 is 10.1 Å². The second-order valence-electron chi connectivity index (χ2n) is 4.97. The van der Waals surface area contributed by atoms with Gasteiger partial charge in [0.05, 0.1) is 12.8 Å². The van der Waals surface area contributed by atoms with Crippen LogP contribution in [0.5, 0.6) is 5.75 Å². The minimum absolute atomic E-state index is 0.0909. The summed E-state index contributed by atoms with van der Waals surface area (Å²) in [7, 11) is 0. The van der Waals surface area contributed by atoms with Crippen LogP contribution in [0.15, 0.2) is 30.5 Å². The normalized spacial score (nSPS) is 10.4. The number of amides is 1. The number of carbonyl (C=O) groups is 2. The smallest absolute Gasteiger partial charge is 0.358 e. The highest BCUT2D eigenvalue weighted by Crippen LogP contribution is 2.11. The lowest BCUT2D eigenvalue weighted by molar-refractivity contribution is -0.121. The standard InChI is InChI=1S/C15H17FN4O4/c16-11-3-5-12(6-4-11)24-8-2-1-7-17-14(21)10-20-9-13(15(22)23)18-19-20/h3-6,9H,1-2,7-8,10H2,(H,17,21)(H,22,23). The van der Waals surface area contributed by atoms with Crippen molar-refractivity contribution in [2.45, 2.75) is 19.4 Å². The first-order valence-corrected chi connectivity index (χ1v) is 7.33. The van der Waals surface area contributed by atoms with Crippen molar-refractivity contribution in [1.29, 1.82) is 0 Å². The predicted molar refractivity (Wildman–Crippen MR) is 81.1 cm³/mol. The molecular formula is C15H17FN4O4. The molecule has 0 spiro atoms. The molecule has 2 rings (SSSR count). The molecule has 128 valence electrons. The fourth-order valence-corrected chi connectivity index (χ4v) is 1.85. The van der Waals surface area contributed by atoms with E-state index < -0.39 is 5.97 Å². The van der Waals surface area contributed by atoms with Gasteiger partial charge in [0.15, 0.2) is 5.69 Å². The van der Waals surface area contributed by atoms with Crippen molar-refractivity contribution in [2.24, 2.45) is 0 Å². The molecule has 2 N–H and O–H groups in total. The molecule has 9 heteroatoms. The molecule has 0 unspecified atom stereocenters. The number of aromatic carboxylic acids is 1. The number of aromatic nitrogens is 3. The zero-order chi connectivity index (χ0) is 17.4. The molecule has 1 aromatic heterocycles. The summed E-state index contributed by atoms with van der Waals surface area (Å²) in [5.74, 6) is -1.19. The van der Waals surface area contributed by atoms with Gasteiger partial charge in [-0.3, -0.25) is 4.79 Å². The highest BCUT2D eigenvalue weighted by Gasteiger charge is 2.10. The van der Waals surface area contributed by atoms with Crippen LogP contribution in [0.1, 0.15) is 23.3 Å². The van der Waals surface area contributed by atoms with Gasteiger partial charge >= 0.3 is 5.97 Å². The van der Waals surface area contributed by atoms with Crippen molar-refractivity contribution in [2.75, 3.05) is 13.2 Å². The molecule has 2 aromatic rings. The van der Waals surface area contributed by atoms with Gasteiger partial charge in [-0.25, -0.2) is 13.9 Å². The summed E-state index contributed by atoms with van der Waals surface area (Å²) >= 11 is 0. The first-order valence-electron chi connectivity index (χ1n) is 7.33. The largest absolute Gasteiger partial charge is 0.494 e. The second-order valence-corrected chi connectivity index (χ2v) is 4.97.